The fourth-order valence-electron chi connectivity index (χ4n) is 4.10. The van der Waals surface area contributed by atoms with Crippen LogP contribution in [0.4, 0.5) is 11.4 Å². The van der Waals surface area contributed by atoms with E-state index < -0.39 is 0 Å². The average molecular weight is 419 g/mol. The zero-order valence-electron chi connectivity index (χ0n) is 17.4. The van der Waals surface area contributed by atoms with Crippen LogP contribution >= 0.6 is 11.3 Å². The molecule has 0 aliphatic carbocycles. The van der Waals surface area contributed by atoms with Gasteiger partial charge in [0.2, 0.25) is 0 Å². The molecule has 0 fully saturated rings. The number of amides is 1. The Labute approximate surface area is 177 Å². The highest BCUT2D eigenvalue weighted by atomic mass is 32.1. The van der Waals surface area contributed by atoms with Crippen LogP contribution in [0, 0.1) is 27.7 Å². The van der Waals surface area contributed by atoms with Crippen LogP contribution in [0.2, 0.25) is 0 Å². The molecule has 2 aliphatic heterocycles. The van der Waals surface area contributed by atoms with Gasteiger partial charge in [-0.25, -0.2) is 4.99 Å². The van der Waals surface area contributed by atoms with Gasteiger partial charge in [-0.1, -0.05) is 29.0 Å². The zero-order chi connectivity index (χ0) is 21.2. The summed E-state index contributed by atoms with van der Waals surface area (Å²) in [5.74, 6) is -0.221. The maximum atomic E-state index is 13.3. The fourth-order valence-corrected chi connectivity index (χ4v) is 5.16. The Morgan fingerprint density at radius 2 is 1.80 bits per heavy atom. The highest BCUT2D eigenvalue weighted by Gasteiger charge is 2.29. The highest BCUT2D eigenvalue weighted by molar-refractivity contribution is 7.07. The van der Waals surface area contributed by atoms with Crippen molar-refractivity contribution < 1.29 is 4.79 Å². The predicted molar refractivity (Wildman–Crippen MR) is 120 cm³/mol. The van der Waals surface area contributed by atoms with Crippen LogP contribution in [0.25, 0.3) is 5.57 Å². The first kappa shape index (κ1) is 18.8. The molecule has 6 nitrogen and oxygen atoms in total. The van der Waals surface area contributed by atoms with Gasteiger partial charge in [-0.3, -0.25) is 14.2 Å². The average Bonchev–Trinajstić information content (AvgIpc) is 3.20. The van der Waals surface area contributed by atoms with E-state index in [2.05, 4.69) is 47.3 Å². The van der Waals surface area contributed by atoms with E-state index in [-0.39, 0.29) is 11.5 Å². The largest absolute Gasteiger partial charge is 0.334 e. The molecule has 2 aromatic carbocycles. The third-order valence-electron chi connectivity index (χ3n) is 5.85. The number of hydrogen-bond acceptors (Lipinski definition) is 5. The minimum absolute atomic E-state index is 0.163. The van der Waals surface area contributed by atoms with E-state index >= 15 is 0 Å². The number of aryl methyl sites for hydroxylation is 4. The van der Waals surface area contributed by atoms with Gasteiger partial charge < -0.3 is 10.2 Å². The van der Waals surface area contributed by atoms with Crippen LogP contribution in [0.3, 0.4) is 0 Å². The van der Waals surface area contributed by atoms with Crippen molar-refractivity contribution in [3.8, 4) is 0 Å². The second kappa shape index (κ2) is 6.67. The van der Waals surface area contributed by atoms with Gasteiger partial charge in [0.25, 0.3) is 11.5 Å². The first-order valence-corrected chi connectivity index (χ1v) is 10.7. The summed E-state index contributed by atoms with van der Waals surface area (Å²) in [7, 11) is 0. The van der Waals surface area contributed by atoms with Crippen molar-refractivity contribution in [2.75, 3.05) is 16.9 Å². The highest BCUT2D eigenvalue weighted by Crippen LogP contribution is 2.33. The number of carbonyl (C=O) groups excluding carboxylic acids is 1. The van der Waals surface area contributed by atoms with Crippen LogP contribution < -0.4 is 25.1 Å². The van der Waals surface area contributed by atoms with Crippen molar-refractivity contribution in [2.24, 2.45) is 4.99 Å². The van der Waals surface area contributed by atoms with E-state index in [0.717, 1.165) is 28.1 Å². The molecule has 0 saturated heterocycles. The predicted octanol–water partition coefficient (Wildman–Crippen LogP) is 2.35. The lowest BCUT2D eigenvalue weighted by molar-refractivity contribution is -0.110. The van der Waals surface area contributed by atoms with Gasteiger partial charge in [-0.2, -0.15) is 0 Å². The Morgan fingerprint density at radius 3 is 2.57 bits per heavy atom. The molecule has 3 aromatic rings. The van der Waals surface area contributed by atoms with Crippen molar-refractivity contribution in [2.45, 2.75) is 34.4 Å². The zero-order valence-corrected chi connectivity index (χ0v) is 18.2. The van der Waals surface area contributed by atoms with E-state index in [1.54, 1.807) is 4.57 Å². The normalized spacial score (nSPS) is 16.8. The topological polar surface area (TPSA) is 66.7 Å². The summed E-state index contributed by atoms with van der Waals surface area (Å²) in [6.45, 7) is 9.04. The summed E-state index contributed by atoms with van der Waals surface area (Å²) in [4.78, 5) is 33.5. The second-order valence-electron chi connectivity index (χ2n) is 8.03. The molecule has 2 aliphatic rings. The molecule has 5 rings (SSSR count). The lowest BCUT2D eigenvalue weighted by atomic mass is 10.0. The van der Waals surface area contributed by atoms with E-state index in [9.17, 15) is 9.59 Å². The van der Waals surface area contributed by atoms with E-state index in [0.29, 0.717) is 28.2 Å². The number of hydrogen-bond donors (Lipinski definition) is 1. The molecular formula is C23H22N4O2S. The number of thiazole rings is 1. The molecule has 0 saturated carbocycles. The fraction of sp³-hybridized carbons (Fsp3) is 0.261. The van der Waals surface area contributed by atoms with Crippen molar-refractivity contribution in [1.29, 1.82) is 0 Å². The van der Waals surface area contributed by atoms with Crippen LogP contribution in [0.15, 0.2) is 40.1 Å². The van der Waals surface area contributed by atoms with Crippen LogP contribution in [-0.2, 0) is 11.5 Å². The number of aromatic nitrogens is 1. The molecule has 0 atom stereocenters. The van der Waals surface area contributed by atoms with Gasteiger partial charge in [-0.15, -0.1) is 0 Å². The number of nitrogens with zero attached hydrogens (tertiary/aromatic N) is 3. The van der Waals surface area contributed by atoms with E-state index in [1.165, 1.54) is 22.5 Å². The Hall–Kier alpha value is -3.19. The molecule has 1 amide bonds. The SMILES string of the molecule is Cc1cc(C)c2c(c1)/C(=c1/sc3n(c1=O)CN(c1ccc(C)c(C)c1)CN=3)C(=O)N2. The van der Waals surface area contributed by atoms with Crippen molar-refractivity contribution in [3.05, 3.63) is 77.8 Å². The summed E-state index contributed by atoms with van der Waals surface area (Å²) in [6, 6.07) is 10.3. The number of fused-ring (bicyclic) bond motifs is 2. The monoisotopic (exact) mass is 418 g/mol. The molecule has 1 N–H and O–H groups in total. The molecule has 1 aromatic heterocycles. The maximum Gasteiger partial charge on any atom is 0.272 e. The van der Waals surface area contributed by atoms with E-state index in [1.807, 2.05) is 26.0 Å². The van der Waals surface area contributed by atoms with Gasteiger partial charge in [-0.05, 0) is 62.6 Å². The Morgan fingerprint density at radius 1 is 1.00 bits per heavy atom. The molecule has 7 heteroatoms. The number of rotatable bonds is 1. The molecular weight excluding hydrogens is 396 g/mol. The first-order valence-electron chi connectivity index (χ1n) is 9.87. The number of carbonyl (C=O) groups is 1. The standard InChI is InChI=1S/C23H22N4O2S/c1-12-7-15(4)19-17(8-12)18(21(28)25-19)20-22(29)27-11-26(10-24-23(27)30-20)16-6-5-13(2)14(3)9-16/h5-9H,10-11H2,1-4H3,(H,25,28)/b20-18-. The summed E-state index contributed by atoms with van der Waals surface area (Å²) in [5.41, 5.74) is 7.44. The minimum Gasteiger partial charge on any atom is -0.334 e. The summed E-state index contributed by atoms with van der Waals surface area (Å²) in [6.07, 6.45) is 0. The van der Waals surface area contributed by atoms with E-state index in [4.69, 9.17) is 0 Å². The molecule has 0 spiro atoms. The van der Waals surface area contributed by atoms with Crippen LogP contribution in [-0.4, -0.2) is 17.1 Å². The first-order chi connectivity index (χ1) is 14.3. The molecule has 0 bridgehead atoms. The van der Waals surface area contributed by atoms with Gasteiger partial charge in [0.15, 0.2) is 4.80 Å². The third kappa shape index (κ3) is 2.81. The number of nitrogens with one attached hydrogen (secondary N) is 1. The smallest absolute Gasteiger partial charge is 0.272 e. The van der Waals surface area contributed by atoms with Crippen molar-refractivity contribution in [1.82, 2.24) is 4.57 Å². The summed E-state index contributed by atoms with van der Waals surface area (Å²) < 4.78 is 2.12. The molecule has 152 valence electrons. The Balaban J connectivity index is 1.65. The third-order valence-corrected chi connectivity index (χ3v) is 6.96. The van der Waals surface area contributed by atoms with Crippen LogP contribution in [0.1, 0.15) is 27.8 Å². The minimum atomic E-state index is -0.221. The molecule has 0 unspecified atom stereocenters. The molecule has 0 radical (unpaired) electrons. The Kier molecular flexibility index (Phi) is 4.18. The van der Waals surface area contributed by atoms with Gasteiger partial charge in [0.1, 0.15) is 17.9 Å². The number of benzene rings is 2. The number of anilines is 2. The quantitative estimate of drug-likeness (QED) is 0.660. The Bertz CT molecular complexity index is 1410. The summed E-state index contributed by atoms with van der Waals surface area (Å²) >= 11 is 1.30. The lowest BCUT2D eigenvalue weighted by Gasteiger charge is -2.26. The second-order valence-corrected chi connectivity index (χ2v) is 9.01. The van der Waals surface area contributed by atoms with Crippen molar-refractivity contribution in [3.63, 3.8) is 0 Å². The lowest BCUT2D eigenvalue weighted by Crippen LogP contribution is -2.43. The molecule has 3 heterocycles. The van der Waals surface area contributed by atoms with Gasteiger partial charge in [0, 0.05) is 11.3 Å². The van der Waals surface area contributed by atoms with Gasteiger partial charge in [0.05, 0.1) is 11.3 Å². The maximum absolute atomic E-state index is 13.3. The van der Waals surface area contributed by atoms with Gasteiger partial charge >= 0.3 is 0 Å². The van der Waals surface area contributed by atoms with Crippen LogP contribution in [0.5, 0.6) is 0 Å². The van der Waals surface area contributed by atoms with Crippen molar-refractivity contribution >= 4 is 34.2 Å². The summed E-state index contributed by atoms with van der Waals surface area (Å²) in [5, 5.41) is 2.94. The molecule has 30 heavy (non-hydrogen) atoms.